The van der Waals surface area contributed by atoms with Gasteiger partial charge in [0.2, 0.25) is 0 Å². The molecule has 0 radical (unpaired) electrons. The van der Waals surface area contributed by atoms with Gasteiger partial charge in [0.25, 0.3) is 0 Å². The summed E-state index contributed by atoms with van der Waals surface area (Å²) in [6.45, 7) is 5.55. The molecule has 2 N–H and O–H groups in total. The zero-order valence-corrected chi connectivity index (χ0v) is 12.8. The van der Waals surface area contributed by atoms with E-state index < -0.39 is 24.0 Å². The van der Waals surface area contributed by atoms with Crippen LogP contribution >= 0.6 is 0 Å². The number of nitrogens with zero attached hydrogens (tertiary/aromatic N) is 1. The number of carboxylic acid groups (broad SMARTS) is 1. The number of ether oxygens (including phenoxy) is 1. The average Bonchev–Trinajstić information content (AvgIpc) is 2.46. The van der Waals surface area contributed by atoms with Crippen LogP contribution in [0.15, 0.2) is 0 Å². The minimum atomic E-state index is -1.26. The van der Waals surface area contributed by atoms with Crippen LogP contribution in [-0.4, -0.2) is 54.2 Å². The maximum atomic E-state index is 12.1. The van der Waals surface area contributed by atoms with Crippen molar-refractivity contribution in [3.8, 4) is 0 Å². The highest BCUT2D eigenvalue weighted by molar-refractivity contribution is 5.86. The van der Waals surface area contributed by atoms with Crippen LogP contribution in [0.2, 0.25) is 0 Å². The van der Waals surface area contributed by atoms with Gasteiger partial charge in [0, 0.05) is 13.1 Å². The van der Waals surface area contributed by atoms with E-state index in [0.717, 1.165) is 12.8 Å². The Balaban J connectivity index is 2.51. The average molecular weight is 300 g/mol. The fraction of sp³-hybridized carbons (Fsp3) is 0.786. The molecule has 0 aromatic heterocycles. The molecule has 21 heavy (non-hydrogen) atoms. The van der Waals surface area contributed by atoms with Gasteiger partial charge in [0.15, 0.2) is 0 Å². The van der Waals surface area contributed by atoms with Gasteiger partial charge in [-0.15, -0.1) is 0 Å². The highest BCUT2D eigenvalue weighted by Crippen LogP contribution is 2.24. The lowest BCUT2D eigenvalue weighted by atomic mass is 9.87. The number of nitrogens with one attached hydrogen (secondary N) is 1. The Labute approximate surface area is 124 Å². The second kappa shape index (κ2) is 7.85. The fourth-order valence-electron chi connectivity index (χ4n) is 2.46. The summed E-state index contributed by atoms with van der Waals surface area (Å²) < 4.78 is 4.43. The molecule has 1 atom stereocenters. The first-order valence-electron chi connectivity index (χ1n) is 7.20. The van der Waals surface area contributed by atoms with Crippen LogP contribution in [0.3, 0.4) is 0 Å². The molecule has 0 aromatic carbocycles. The van der Waals surface area contributed by atoms with E-state index in [9.17, 15) is 14.4 Å². The lowest BCUT2D eigenvalue weighted by molar-refractivity contribution is -0.147. The molecule has 0 aliphatic carbocycles. The standard InChI is InChI=1S/C14H24N2O5/c1-9(2)10-4-6-16(7-5-10)14(20)15-11(13(18)19)8-12(17)21-3/h9-11H,4-8H2,1-3H3,(H,15,20)(H,18,19)/t11-/m0/s1. The first-order valence-corrected chi connectivity index (χ1v) is 7.20. The zero-order valence-electron chi connectivity index (χ0n) is 12.8. The fourth-order valence-corrected chi connectivity index (χ4v) is 2.46. The Morgan fingerprint density at radius 3 is 2.29 bits per heavy atom. The number of hydrogen-bond acceptors (Lipinski definition) is 4. The van der Waals surface area contributed by atoms with Gasteiger partial charge in [-0.25, -0.2) is 9.59 Å². The predicted octanol–water partition coefficient (Wildman–Crippen LogP) is 1.08. The summed E-state index contributed by atoms with van der Waals surface area (Å²) in [7, 11) is 1.18. The molecular weight excluding hydrogens is 276 g/mol. The molecule has 1 saturated heterocycles. The molecule has 1 aliphatic heterocycles. The van der Waals surface area contributed by atoms with Crippen molar-refractivity contribution in [3.05, 3.63) is 0 Å². The monoisotopic (exact) mass is 300 g/mol. The Kier molecular flexibility index (Phi) is 6.45. The Morgan fingerprint density at radius 2 is 1.86 bits per heavy atom. The van der Waals surface area contributed by atoms with Gasteiger partial charge in [-0.1, -0.05) is 13.8 Å². The largest absolute Gasteiger partial charge is 0.480 e. The minimum absolute atomic E-state index is 0.375. The van der Waals surface area contributed by atoms with Crippen LogP contribution in [0.5, 0.6) is 0 Å². The van der Waals surface area contributed by atoms with Crippen molar-refractivity contribution in [1.82, 2.24) is 10.2 Å². The normalized spacial score (nSPS) is 17.4. The first kappa shape index (κ1) is 17.3. The molecule has 0 aromatic rings. The smallest absolute Gasteiger partial charge is 0.326 e. The molecule has 1 rings (SSSR count). The molecule has 1 aliphatic rings. The van der Waals surface area contributed by atoms with Gasteiger partial charge in [0.05, 0.1) is 13.5 Å². The van der Waals surface area contributed by atoms with Crippen molar-refractivity contribution >= 4 is 18.0 Å². The number of rotatable bonds is 5. The van der Waals surface area contributed by atoms with E-state index >= 15 is 0 Å². The van der Waals surface area contributed by atoms with Gasteiger partial charge < -0.3 is 20.1 Å². The summed E-state index contributed by atoms with van der Waals surface area (Å²) >= 11 is 0. The topological polar surface area (TPSA) is 95.9 Å². The number of amides is 2. The number of hydrogen-bond donors (Lipinski definition) is 2. The molecular formula is C14H24N2O5. The van der Waals surface area contributed by atoms with Crippen molar-refractivity contribution in [2.45, 2.75) is 39.2 Å². The summed E-state index contributed by atoms with van der Waals surface area (Å²) in [6, 6.07) is -1.69. The lowest BCUT2D eigenvalue weighted by Crippen LogP contribution is -2.51. The van der Waals surface area contributed by atoms with E-state index in [1.54, 1.807) is 4.90 Å². The molecule has 0 spiro atoms. The maximum Gasteiger partial charge on any atom is 0.326 e. The molecule has 1 fully saturated rings. The van der Waals surface area contributed by atoms with E-state index in [0.29, 0.717) is 24.9 Å². The molecule has 1 heterocycles. The summed E-state index contributed by atoms with van der Waals surface area (Å²) in [6.07, 6.45) is 1.46. The van der Waals surface area contributed by atoms with Gasteiger partial charge >= 0.3 is 18.0 Å². The molecule has 0 bridgehead atoms. The van der Waals surface area contributed by atoms with Crippen molar-refractivity contribution < 1.29 is 24.2 Å². The number of aliphatic carboxylic acids is 1. The predicted molar refractivity (Wildman–Crippen MR) is 75.7 cm³/mol. The van der Waals surface area contributed by atoms with Crippen LogP contribution in [0, 0.1) is 11.8 Å². The number of methoxy groups -OCH3 is 1. The number of carbonyl (C=O) groups is 3. The summed E-state index contributed by atoms with van der Waals surface area (Å²) in [4.78, 5) is 35.9. The van der Waals surface area contributed by atoms with Crippen LogP contribution in [0.4, 0.5) is 4.79 Å². The number of carboxylic acids is 1. The van der Waals surface area contributed by atoms with Crippen LogP contribution in [-0.2, 0) is 14.3 Å². The van der Waals surface area contributed by atoms with Gasteiger partial charge in [-0.05, 0) is 24.7 Å². The zero-order chi connectivity index (χ0) is 16.0. The second-order valence-electron chi connectivity index (χ2n) is 5.69. The van der Waals surface area contributed by atoms with E-state index in [1.165, 1.54) is 7.11 Å². The SMILES string of the molecule is COC(=O)C[C@H](NC(=O)N1CCC(C(C)C)CC1)C(=O)O. The summed E-state index contributed by atoms with van der Waals surface area (Å²) in [5, 5.41) is 11.4. The summed E-state index contributed by atoms with van der Waals surface area (Å²) in [5.41, 5.74) is 0. The van der Waals surface area contributed by atoms with Crippen LogP contribution in [0.1, 0.15) is 33.1 Å². The van der Waals surface area contributed by atoms with Gasteiger partial charge in [0.1, 0.15) is 6.04 Å². The molecule has 0 unspecified atom stereocenters. The third kappa shape index (κ3) is 5.24. The van der Waals surface area contributed by atoms with E-state index in [-0.39, 0.29) is 6.42 Å². The van der Waals surface area contributed by atoms with Crippen LogP contribution < -0.4 is 5.32 Å². The highest BCUT2D eigenvalue weighted by atomic mass is 16.5. The molecule has 7 nitrogen and oxygen atoms in total. The van der Waals surface area contributed by atoms with E-state index in [2.05, 4.69) is 23.9 Å². The number of piperidine rings is 1. The van der Waals surface area contributed by atoms with Gasteiger partial charge in [-0.2, -0.15) is 0 Å². The highest BCUT2D eigenvalue weighted by Gasteiger charge is 2.29. The van der Waals surface area contributed by atoms with Crippen molar-refractivity contribution in [2.75, 3.05) is 20.2 Å². The molecule has 0 saturated carbocycles. The van der Waals surface area contributed by atoms with Crippen LogP contribution in [0.25, 0.3) is 0 Å². The first-order chi connectivity index (χ1) is 9.85. The Hall–Kier alpha value is -1.79. The third-order valence-electron chi connectivity index (χ3n) is 3.96. The van der Waals surface area contributed by atoms with Gasteiger partial charge in [-0.3, -0.25) is 4.79 Å². The third-order valence-corrected chi connectivity index (χ3v) is 3.96. The quantitative estimate of drug-likeness (QED) is 0.741. The van der Waals surface area contributed by atoms with Crippen molar-refractivity contribution in [3.63, 3.8) is 0 Å². The Bertz CT molecular complexity index is 389. The minimum Gasteiger partial charge on any atom is -0.480 e. The summed E-state index contributed by atoms with van der Waals surface area (Å²) in [5.74, 6) is -0.729. The molecule has 2 amide bonds. The maximum absolute atomic E-state index is 12.1. The number of carbonyl (C=O) groups excluding carboxylic acids is 2. The second-order valence-corrected chi connectivity index (χ2v) is 5.69. The van der Waals surface area contributed by atoms with Crippen molar-refractivity contribution in [2.24, 2.45) is 11.8 Å². The molecule has 7 heteroatoms. The van der Waals surface area contributed by atoms with Crippen molar-refractivity contribution in [1.29, 1.82) is 0 Å². The number of urea groups is 1. The number of esters is 1. The number of likely N-dealkylation sites (tertiary alicyclic amines) is 1. The molecule has 120 valence electrons. The Morgan fingerprint density at radius 1 is 1.29 bits per heavy atom. The lowest BCUT2D eigenvalue weighted by Gasteiger charge is -2.34. The van der Waals surface area contributed by atoms with E-state index in [4.69, 9.17) is 5.11 Å². The van der Waals surface area contributed by atoms with E-state index in [1.807, 2.05) is 0 Å².